The second-order valence-electron chi connectivity index (χ2n) is 5.36. The van der Waals surface area contributed by atoms with Gasteiger partial charge in [-0.25, -0.2) is 13.2 Å². The summed E-state index contributed by atoms with van der Waals surface area (Å²) in [7, 11) is 2.94. The van der Waals surface area contributed by atoms with Crippen molar-refractivity contribution < 1.29 is 22.7 Å². The summed E-state index contributed by atoms with van der Waals surface area (Å²) >= 11 is 0. The maximum Gasteiger partial charge on any atom is 0.337 e. The smallest absolute Gasteiger partial charge is 0.337 e. The zero-order valence-electron chi connectivity index (χ0n) is 13.9. The van der Waals surface area contributed by atoms with Crippen molar-refractivity contribution in [1.82, 2.24) is 0 Å². The van der Waals surface area contributed by atoms with Gasteiger partial charge in [-0.05, 0) is 24.6 Å². The average molecular weight is 383 g/mol. The Labute approximate surface area is 151 Å². The summed E-state index contributed by atoms with van der Waals surface area (Å²) in [6, 6.07) is 15.1. The first-order valence-corrected chi connectivity index (χ1v) is 9.96. The van der Waals surface area contributed by atoms with E-state index < -0.39 is 20.0 Å². The van der Waals surface area contributed by atoms with Crippen LogP contribution < -0.4 is 0 Å². The van der Waals surface area contributed by atoms with E-state index in [0.29, 0.717) is 16.7 Å². The molecule has 0 saturated carbocycles. The van der Waals surface area contributed by atoms with E-state index in [1.807, 2.05) is 0 Å². The Kier molecular flexibility index (Phi) is 6.21. The Morgan fingerprint density at radius 3 is 2.36 bits per heavy atom. The lowest BCUT2D eigenvalue weighted by Crippen LogP contribution is -2.38. The Bertz CT molecular complexity index is 836. The number of hydrogen-bond acceptors (Lipinski definition) is 5. The van der Waals surface area contributed by atoms with Crippen LogP contribution in [0.1, 0.15) is 28.4 Å². The molecule has 1 atom stereocenters. The van der Waals surface area contributed by atoms with Gasteiger partial charge in [0.2, 0.25) is 4.93 Å². The fourth-order valence-corrected chi connectivity index (χ4v) is 4.23. The second kappa shape index (κ2) is 7.99. The molecule has 5 nitrogen and oxygen atoms in total. The van der Waals surface area contributed by atoms with Crippen molar-refractivity contribution in [2.24, 2.45) is 0 Å². The molecule has 0 saturated heterocycles. The molecule has 25 heavy (non-hydrogen) atoms. The SMILES string of the molecule is CCOC(Cc1cccc(C(=O)OC)c1)(c1ccccc1)S(=O)(=O)Cl. The van der Waals surface area contributed by atoms with Gasteiger partial charge < -0.3 is 9.47 Å². The zero-order chi connectivity index (χ0) is 18.5. The molecule has 0 aliphatic carbocycles. The first-order chi connectivity index (χ1) is 11.8. The van der Waals surface area contributed by atoms with Gasteiger partial charge in [0.15, 0.2) is 0 Å². The topological polar surface area (TPSA) is 69.7 Å². The molecule has 2 aromatic carbocycles. The number of esters is 1. The predicted molar refractivity (Wildman–Crippen MR) is 96.0 cm³/mol. The van der Waals surface area contributed by atoms with Gasteiger partial charge in [0.1, 0.15) is 0 Å². The summed E-state index contributed by atoms with van der Waals surface area (Å²) in [4.78, 5) is 9.98. The van der Waals surface area contributed by atoms with Crippen molar-refractivity contribution in [1.29, 1.82) is 0 Å². The number of carbonyl (C=O) groups is 1. The number of rotatable bonds is 7. The summed E-state index contributed by atoms with van der Waals surface area (Å²) in [5, 5.41) is 0. The first-order valence-electron chi connectivity index (χ1n) is 7.65. The van der Waals surface area contributed by atoms with Crippen LogP contribution in [0.15, 0.2) is 54.6 Å². The van der Waals surface area contributed by atoms with E-state index in [2.05, 4.69) is 0 Å². The number of carbonyl (C=O) groups excluding carboxylic acids is 1. The molecule has 0 bridgehead atoms. The molecule has 0 radical (unpaired) electrons. The van der Waals surface area contributed by atoms with Gasteiger partial charge in [-0.1, -0.05) is 42.5 Å². The number of halogens is 1. The Hall–Kier alpha value is -1.89. The summed E-state index contributed by atoms with van der Waals surface area (Å²) in [5.74, 6) is -0.502. The molecule has 0 amide bonds. The second-order valence-corrected chi connectivity index (χ2v) is 8.11. The standard InChI is InChI=1S/C18H19ClO5S/c1-3-24-18(25(19,21)22,16-10-5-4-6-11-16)13-14-8-7-9-15(12-14)17(20)23-2/h4-12H,3,13H2,1-2H3. The van der Waals surface area contributed by atoms with Crippen LogP contribution >= 0.6 is 10.7 Å². The third-order valence-electron chi connectivity index (χ3n) is 3.77. The van der Waals surface area contributed by atoms with E-state index in [1.54, 1.807) is 61.5 Å². The summed E-state index contributed by atoms with van der Waals surface area (Å²) in [6.45, 7) is 1.85. The van der Waals surface area contributed by atoms with Gasteiger partial charge in [-0.2, -0.15) is 0 Å². The van der Waals surface area contributed by atoms with Crippen molar-refractivity contribution in [3.63, 3.8) is 0 Å². The van der Waals surface area contributed by atoms with Crippen LogP contribution in [0.3, 0.4) is 0 Å². The highest BCUT2D eigenvalue weighted by Crippen LogP contribution is 2.38. The Morgan fingerprint density at radius 2 is 1.80 bits per heavy atom. The molecule has 0 fully saturated rings. The number of ether oxygens (including phenoxy) is 2. The molecular formula is C18H19ClO5S. The third-order valence-corrected chi connectivity index (χ3v) is 5.80. The normalized spacial score (nSPS) is 13.9. The molecule has 0 spiro atoms. The van der Waals surface area contributed by atoms with Crippen LogP contribution in [0.4, 0.5) is 0 Å². The highest BCUT2D eigenvalue weighted by molar-refractivity contribution is 8.14. The molecule has 1 unspecified atom stereocenters. The van der Waals surface area contributed by atoms with E-state index in [1.165, 1.54) is 7.11 Å². The zero-order valence-corrected chi connectivity index (χ0v) is 15.5. The molecule has 0 aromatic heterocycles. The predicted octanol–water partition coefficient (Wildman–Crippen LogP) is 3.47. The maximum atomic E-state index is 12.5. The van der Waals surface area contributed by atoms with Crippen LogP contribution in [-0.2, 0) is 29.9 Å². The minimum Gasteiger partial charge on any atom is -0.465 e. The van der Waals surface area contributed by atoms with E-state index in [4.69, 9.17) is 20.2 Å². The van der Waals surface area contributed by atoms with Gasteiger partial charge in [-0.15, -0.1) is 0 Å². The Balaban J connectivity index is 2.56. The molecule has 2 rings (SSSR count). The molecule has 0 aliphatic rings. The van der Waals surface area contributed by atoms with Crippen molar-refractivity contribution in [3.8, 4) is 0 Å². The molecule has 0 N–H and O–H groups in total. The van der Waals surface area contributed by atoms with Gasteiger partial charge in [0, 0.05) is 29.3 Å². The number of hydrogen-bond donors (Lipinski definition) is 0. The number of methoxy groups -OCH3 is 1. The van der Waals surface area contributed by atoms with Crippen LogP contribution in [0.2, 0.25) is 0 Å². The minimum atomic E-state index is -4.14. The monoisotopic (exact) mass is 382 g/mol. The molecule has 7 heteroatoms. The largest absolute Gasteiger partial charge is 0.465 e. The van der Waals surface area contributed by atoms with Gasteiger partial charge in [0.05, 0.1) is 12.7 Å². The highest BCUT2D eigenvalue weighted by atomic mass is 35.7. The first kappa shape index (κ1) is 19.4. The van der Waals surface area contributed by atoms with E-state index in [9.17, 15) is 13.2 Å². The fraction of sp³-hybridized carbons (Fsp3) is 0.278. The van der Waals surface area contributed by atoms with Gasteiger partial charge >= 0.3 is 5.97 Å². The third kappa shape index (κ3) is 4.21. The molecule has 0 aliphatic heterocycles. The van der Waals surface area contributed by atoms with Crippen LogP contribution in [0.25, 0.3) is 0 Å². The summed E-state index contributed by atoms with van der Waals surface area (Å²) < 4.78 is 35.3. The number of benzene rings is 2. The van der Waals surface area contributed by atoms with Crippen LogP contribution in [0, 0.1) is 0 Å². The highest BCUT2D eigenvalue weighted by Gasteiger charge is 2.45. The quantitative estimate of drug-likeness (QED) is 0.541. The molecule has 0 heterocycles. The summed E-state index contributed by atoms with van der Waals surface area (Å²) in [5.41, 5.74) is 1.34. The van der Waals surface area contributed by atoms with E-state index >= 15 is 0 Å². The lowest BCUT2D eigenvalue weighted by molar-refractivity contribution is 0.0250. The van der Waals surface area contributed by atoms with Crippen LogP contribution in [0.5, 0.6) is 0 Å². The summed E-state index contributed by atoms with van der Waals surface area (Å²) in [6.07, 6.45) is -0.0402. The molecule has 134 valence electrons. The van der Waals surface area contributed by atoms with Gasteiger partial charge in [0.25, 0.3) is 9.05 Å². The van der Waals surface area contributed by atoms with E-state index in [-0.39, 0.29) is 13.0 Å². The average Bonchev–Trinajstić information content (AvgIpc) is 2.60. The lowest BCUT2D eigenvalue weighted by atomic mass is 9.99. The maximum absolute atomic E-state index is 12.5. The molecular weight excluding hydrogens is 364 g/mol. The fourth-order valence-electron chi connectivity index (χ4n) is 2.65. The van der Waals surface area contributed by atoms with Crippen molar-refractivity contribution in [2.45, 2.75) is 18.3 Å². The van der Waals surface area contributed by atoms with Crippen molar-refractivity contribution in [3.05, 3.63) is 71.3 Å². The lowest BCUT2D eigenvalue weighted by Gasteiger charge is -2.31. The van der Waals surface area contributed by atoms with Gasteiger partial charge in [-0.3, -0.25) is 0 Å². The Morgan fingerprint density at radius 1 is 1.12 bits per heavy atom. The van der Waals surface area contributed by atoms with Crippen molar-refractivity contribution >= 4 is 25.7 Å². The molecule has 2 aromatic rings. The minimum absolute atomic E-state index is 0.0402. The van der Waals surface area contributed by atoms with E-state index in [0.717, 1.165) is 0 Å². The van der Waals surface area contributed by atoms with Crippen LogP contribution in [-0.4, -0.2) is 28.1 Å². The van der Waals surface area contributed by atoms with Crippen molar-refractivity contribution in [2.75, 3.05) is 13.7 Å².